The van der Waals surface area contributed by atoms with Gasteiger partial charge < -0.3 is 10.1 Å². The van der Waals surface area contributed by atoms with Crippen molar-refractivity contribution in [3.63, 3.8) is 0 Å². The summed E-state index contributed by atoms with van der Waals surface area (Å²) in [4.78, 5) is 0. The molecule has 1 aliphatic rings. The first-order chi connectivity index (χ1) is 8.99. The number of rotatable bonds is 3. The average molecular weight is 391 g/mol. The fraction of sp³-hybridized carbons (Fsp3) is 0.600. The number of ether oxygens (including phenoxy) is 1. The first-order valence-electron chi connectivity index (χ1n) is 6.79. The molecule has 106 valence electrons. The van der Waals surface area contributed by atoms with Gasteiger partial charge in [0.15, 0.2) is 0 Å². The monoisotopic (exact) mass is 389 g/mol. The van der Waals surface area contributed by atoms with Crippen LogP contribution in [-0.4, -0.2) is 13.2 Å². The molecule has 0 radical (unpaired) electrons. The highest BCUT2D eigenvalue weighted by atomic mass is 79.9. The number of anilines is 1. The molecular formula is C15H21Br2NO. The molecule has 1 N–H and O–H groups in total. The fourth-order valence-electron chi connectivity index (χ4n) is 3.08. The number of methoxy groups -OCH3 is 1. The molecule has 1 aliphatic carbocycles. The van der Waals surface area contributed by atoms with Crippen LogP contribution >= 0.6 is 31.9 Å². The summed E-state index contributed by atoms with van der Waals surface area (Å²) in [6, 6.07) is 4.65. The van der Waals surface area contributed by atoms with Gasteiger partial charge in [-0.05, 0) is 69.0 Å². The van der Waals surface area contributed by atoms with Gasteiger partial charge in [-0.25, -0.2) is 0 Å². The standard InChI is InChI=1S/C15H21Br2NO/c1-9-4-10(2)6-11(5-9)18-14-8-15(19-3)13(17)7-12(14)16/h7-11,18H,4-6H2,1-3H3. The van der Waals surface area contributed by atoms with Crippen molar-refractivity contribution in [1.29, 1.82) is 0 Å². The van der Waals surface area contributed by atoms with E-state index in [9.17, 15) is 0 Å². The summed E-state index contributed by atoms with van der Waals surface area (Å²) in [5.74, 6) is 2.47. The summed E-state index contributed by atoms with van der Waals surface area (Å²) in [5.41, 5.74) is 1.12. The van der Waals surface area contributed by atoms with Crippen LogP contribution in [-0.2, 0) is 0 Å². The maximum atomic E-state index is 5.36. The second-order valence-electron chi connectivity index (χ2n) is 5.73. The van der Waals surface area contributed by atoms with E-state index >= 15 is 0 Å². The first kappa shape index (κ1) is 15.2. The molecule has 1 saturated carbocycles. The third kappa shape index (κ3) is 3.88. The minimum Gasteiger partial charge on any atom is -0.495 e. The Morgan fingerprint density at radius 2 is 1.68 bits per heavy atom. The van der Waals surface area contributed by atoms with E-state index in [0.717, 1.165) is 32.2 Å². The summed E-state index contributed by atoms with van der Waals surface area (Å²) in [6.07, 6.45) is 3.84. The number of nitrogens with one attached hydrogen (secondary N) is 1. The summed E-state index contributed by atoms with van der Waals surface area (Å²) in [7, 11) is 1.70. The Bertz CT molecular complexity index is 440. The SMILES string of the molecule is COc1cc(NC2CC(C)CC(C)C2)c(Br)cc1Br. The lowest BCUT2D eigenvalue weighted by Crippen LogP contribution is -2.30. The van der Waals surface area contributed by atoms with Crippen LogP contribution in [0.3, 0.4) is 0 Å². The molecule has 0 aromatic heterocycles. The third-order valence-electron chi connectivity index (χ3n) is 3.78. The second-order valence-corrected chi connectivity index (χ2v) is 7.43. The molecule has 0 aliphatic heterocycles. The van der Waals surface area contributed by atoms with Gasteiger partial charge in [-0.3, -0.25) is 0 Å². The molecule has 0 spiro atoms. The Morgan fingerprint density at radius 1 is 1.05 bits per heavy atom. The highest BCUT2D eigenvalue weighted by Gasteiger charge is 2.24. The van der Waals surface area contributed by atoms with Crippen molar-refractivity contribution in [2.75, 3.05) is 12.4 Å². The molecule has 1 aromatic carbocycles. The van der Waals surface area contributed by atoms with Crippen LogP contribution in [0.4, 0.5) is 5.69 Å². The van der Waals surface area contributed by atoms with Crippen LogP contribution in [0, 0.1) is 11.8 Å². The Labute approximate surface area is 132 Å². The zero-order valence-corrected chi connectivity index (χ0v) is 14.8. The molecule has 2 unspecified atom stereocenters. The lowest BCUT2D eigenvalue weighted by atomic mass is 9.80. The second kappa shape index (κ2) is 6.49. The van der Waals surface area contributed by atoms with Crippen molar-refractivity contribution in [3.05, 3.63) is 21.1 Å². The number of hydrogen-bond acceptors (Lipinski definition) is 2. The smallest absolute Gasteiger partial charge is 0.135 e. The summed E-state index contributed by atoms with van der Waals surface area (Å²) in [5, 5.41) is 3.66. The molecule has 0 saturated heterocycles. The van der Waals surface area contributed by atoms with Crippen LogP contribution in [0.1, 0.15) is 33.1 Å². The van der Waals surface area contributed by atoms with Gasteiger partial charge in [-0.1, -0.05) is 13.8 Å². The molecule has 2 atom stereocenters. The Kier molecular flexibility index (Phi) is 5.18. The van der Waals surface area contributed by atoms with Gasteiger partial charge in [0.05, 0.1) is 17.3 Å². The highest BCUT2D eigenvalue weighted by Crippen LogP contribution is 2.37. The summed E-state index contributed by atoms with van der Waals surface area (Å²) in [6.45, 7) is 4.70. The van der Waals surface area contributed by atoms with Gasteiger partial charge in [0.2, 0.25) is 0 Å². The molecule has 1 fully saturated rings. The van der Waals surface area contributed by atoms with E-state index in [-0.39, 0.29) is 0 Å². The molecule has 0 bridgehead atoms. The molecule has 2 rings (SSSR count). The Hall–Kier alpha value is -0.220. The van der Waals surface area contributed by atoms with Gasteiger partial charge in [-0.15, -0.1) is 0 Å². The van der Waals surface area contributed by atoms with Gasteiger partial charge in [0.25, 0.3) is 0 Å². The highest BCUT2D eigenvalue weighted by molar-refractivity contribution is 9.11. The molecule has 0 amide bonds. The van der Waals surface area contributed by atoms with E-state index in [4.69, 9.17) is 4.74 Å². The molecule has 2 nitrogen and oxygen atoms in total. The fourth-order valence-corrected chi connectivity index (χ4v) is 4.35. The average Bonchev–Trinajstić information content (AvgIpc) is 2.31. The largest absolute Gasteiger partial charge is 0.495 e. The van der Waals surface area contributed by atoms with E-state index < -0.39 is 0 Å². The minimum absolute atomic E-state index is 0.556. The first-order valence-corrected chi connectivity index (χ1v) is 8.37. The van der Waals surface area contributed by atoms with E-state index in [1.165, 1.54) is 19.3 Å². The Morgan fingerprint density at radius 3 is 2.26 bits per heavy atom. The minimum atomic E-state index is 0.556. The van der Waals surface area contributed by atoms with Crippen LogP contribution in [0.25, 0.3) is 0 Å². The summed E-state index contributed by atoms with van der Waals surface area (Å²) < 4.78 is 7.41. The number of halogens is 2. The van der Waals surface area contributed by atoms with E-state index in [1.54, 1.807) is 7.11 Å². The topological polar surface area (TPSA) is 21.3 Å². The van der Waals surface area contributed by atoms with Crippen molar-refractivity contribution in [1.82, 2.24) is 0 Å². The predicted octanol–water partition coefficient (Wildman–Crippen LogP) is 5.46. The van der Waals surface area contributed by atoms with Crippen molar-refractivity contribution >= 4 is 37.5 Å². The maximum absolute atomic E-state index is 5.36. The van der Waals surface area contributed by atoms with Gasteiger partial charge in [0.1, 0.15) is 5.75 Å². The van der Waals surface area contributed by atoms with Crippen molar-refractivity contribution in [2.24, 2.45) is 11.8 Å². The lowest BCUT2D eigenvalue weighted by molar-refractivity contribution is 0.280. The van der Waals surface area contributed by atoms with E-state index in [2.05, 4.69) is 57.1 Å². The van der Waals surface area contributed by atoms with Crippen LogP contribution in [0.5, 0.6) is 5.75 Å². The van der Waals surface area contributed by atoms with Crippen molar-refractivity contribution < 1.29 is 4.74 Å². The van der Waals surface area contributed by atoms with Crippen molar-refractivity contribution in [2.45, 2.75) is 39.2 Å². The molecular weight excluding hydrogens is 370 g/mol. The molecule has 1 aromatic rings. The molecule has 4 heteroatoms. The third-order valence-corrected chi connectivity index (χ3v) is 5.06. The van der Waals surface area contributed by atoms with Crippen LogP contribution in [0.2, 0.25) is 0 Å². The number of benzene rings is 1. The van der Waals surface area contributed by atoms with Gasteiger partial charge in [0, 0.05) is 16.6 Å². The van der Waals surface area contributed by atoms with Gasteiger partial charge in [-0.2, -0.15) is 0 Å². The van der Waals surface area contributed by atoms with Crippen molar-refractivity contribution in [3.8, 4) is 5.75 Å². The van der Waals surface area contributed by atoms with Crippen LogP contribution < -0.4 is 10.1 Å². The molecule has 19 heavy (non-hydrogen) atoms. The zero-order valence-electron chi connectivity index (χ0n) is 11.7. The van der Waals surface area contributed by atoms with E-state index in [0.29, 0.717) is 6.04 Å². The lowest BCUT2D eigenvalue weighted by Gasteiger charge is -2.33. The van der Waals surface area contributed by atoms with Gasteiger partial charge >= 0.3 is 0 Å². The normalized spacial score (nSPS) is 27.1. The number of hydrogen-bond donors (Lipinski definition) is 1. The Balaban J connectivity index is 2.14. The molecule has 0 heterocycles. The van der Waals surface area contributed by atoms with Crippen LogP contribution in [0.15, 0.2) is 21.1 Å². The zero-order chi connectivity index (χ0) is 14.0. The maximum Gasteiger partial charge on any atom is 0.135 e. The summed E-state index contributed by atoms with van der Waals surface area (Å²) >= 11 is 7.12. The van der Waals surface area contributed by atoms with E-state index in [1.807, 2.05) is 6.07 Å². The quantitative estimate of drug-likeness (QED) is 0.739. The predicted molar refractivity (Wildman–Crippen MR) is 88.0 cm³/mol.